The summed E-state index contributed by atoms with van der Waals surface area (Å²) in [5.74, 6) is 1.04. The molecule has 2 aromatic rings. The number of anilines is 1. The molecule has 1 amide bonds. The average Bonchev–Trinajstić information content (AvgIpc) is 3.46. The summed E-state index contributed by atoms with van der Waals surface area (Å²) in [4.78, 5) is 30.2. The highest BCUT2D eigenvalue weighted by atomic mass is 32.1. The van der Waals surface area contributed by atoms with Crippen molar-refractivity contribution in [1.82, 2.24) is 9.80 Å². The number of amidine groups is 1. The monoisotopic (exact) mass is 461 g/mol. The van der Waals surface area contributed by atoms with E-state index in [4.69, 9.17) is 9.98 Å². The summed E-state index contributed by atoms with van der Waals surface area (Å²) in [7, 11) is 2.11. The van der Waals surface area contributed by atoms with E-state index in [0.29, 0.717) is 0 Å². The van der Waals surface area contributed by atoms with Gasteiger partial charge in [-0.05, 0) is 56.1 Å². The molecule has 0 radical (unpaired) electrons. The van der Waals surface area contributed by atoms with E-state index in [2.05, 4.69) is 67.1 Å². The van der Waals surface area contributed by atoms with E-state index in [0.717, 1.165) is 83.5 Å². The first-order valence-electron chi connectivity index (χ1n) is 11.8. The number of carbonyl (C=O) groups is 1. The Hall–Kier alpha value is -2.77. The van der Waals surface area contributed by atoms with Crippen LogP contribution in [-0.4, -0.2) is 73.1 Å². The number of benzene rings is 1. The van der Waals surface area contributed by atoms with Gasteiger partial charge in [-0.3, -0.25) is 4.79 Å². The van der Waals surface area contributed by atoms with Gasteiger partial charge in [0, 0.05) is 49.5 Å². The SMILES string of the molecule is CCCN(c1ccc2sc(C(=O)N3CCN(C)CC3)cc2c1)C(C)C1=NC2=CC=CCC2=N1. The predicted molar refractivity (Wildman–Crippen MR) is 139 cm³/mol. The summed E-state index contributed by atoms with van der Waals surface area (Å²) < 4.78 is 1.15. The van der Waals surface area contributed by atoms with Gasteiger partial charge in [0.25, 0.3) is 5.91 Å². The lowest BCUT2D eigenvalue weighted by molar-refractivity contribution is 0.0669. The summed E-state index contributed by atoms with van der Waals surface area (Å²) in [6.45, 7) is 8.77. The second kappa shape index (κ2) is 9.23. The molecule has 1 aromatic heterocycles. The lowest BCUT2D eigenvalue weighted by atomic mass is 10.1. The molecular weight excluding hydrogens is 430 g/mol. The lowest BCUT2D eigenvalue weighted by Crippen LogP contribution is -2.46. The molecule has 1 atom stereocenters. The fourth-order valence-electron chi connectivity index (χ4n) is 4.62. The molecule has 0 spiro atoms. The molecule has 6 nitrogen and oxygen atoms in total. The number of likely N-dealkylation sites (N-methyl/N-ethyl adjacent to an activating group) is 1. The highest BCUT2D eigenvalue weighted by Crippen LogP contribution is 2.32. The summed E-state index contributed by atoms with van der Waals surface area (Å²) >= 11 is 1.60. The molecule has 3 aliphatic rings. The lowest BCUT2D eigenvalue weighted by Gasteiger charge is -2.32. The predicted octanol–water partition coefficient (Wildman–Crippen LogP) is 4.59. The van der Waals surface area contributed by atoms with Gasteiger partial charge in [0.2, 0.25) is 0 Å². The summed E-state index contributed by atoms with van der Waals surface area (Å²) in [6.07, 6.45) is 8.11. The summed E-state index contributed by atoms with van der Waals surface area (Å²) in [6, 6.07) is 8.68. The maximum Gasteiger partial charge on any atom is 0.264 e. The topological polar surface area (TPSA) is 51.5 Å². The molecule has 0 saturated carbocycles. The highest BCUT2D eigenvalue weighted by Gasteiger charge is 2.26. The number of thiophene rings is 1. The first-order chi connectivity index (χ1) is 16.0. The molecule has 5 rings (SSSR count). The van der Waals surface area contributed by atoms with E-state index >= 15 is 0 Å². The largest absolute Gasteiger partial charge is 0.362 e. The fraction of sp³-hybridized carbons (Fsp3) is 0.423. The maximum atomic E-state index is 13.1. The fourth-order valence-corrected chi connectivity index (χ4v) is 5.64. The Balaban J connectivity index is 1.39. The zero-order valence-corrected chi connectivity index (χ0v) is 20.4. The van der Waals surface area contributed by atoms with Crippen molar-refractivity contribution >= 4 is 44.6 Å². The van der Waals surface area contributed by atoms with Gasteiger partial charge in [0.05, 0.1) is 22.3 Å². The number of fused-ring (bicyclic) bond motifs is 2. The molecule has 1 saturated heterocycles. The Kier molecular flexibility index (Phi) is 6.17. The van der Waals surface area contributed by atoms with Crippen LogP contribution in [0.3, 0.4) is 0 Å². The molecule has 2 aliphatic heterocycles. The first kappa shape index (κ1) is 22.0. The third kappa shape index (κ3) is 4.39. The van der Waals surface area contributed by atoms with Crippen molar-refractivity contribution in [2.24, 2.45) is 9.98 Å². The quantitative estimate of drug-likeness (QED) is 0.632. The summed E-state index contributed by atoms with van der Waals surface area (Å²) in [5.41, 5.74) is 3.21. The number of allylic oxidation sites excluding steroid dienone is 4. The average molecular weight is 462 g/mol. The van der Waals surface area contributed by atoms with Crippen molar-refractivity contribution in [3.63, 3.8) is 0 Å². The minimum Gasteiger partial charge on any atom is -0.362 e. The molecule has 1 aromatic carbocycles. The van der Waals surface area contributed by atoms with Gasteiger partial charge >= 0.3 is 0 Å². The van der Waals surface area contributed by atoms with Crippen LogP contribution in [0.15, 0.2) is 58.2 Å². The van der Waals surface area contributed by atoms with E-state index in [9.17, 15) is 4.79 Å². The van der Waals surface area contributed by atoms with E-state index in [1.165, 1.54) is 0 Å². The first-order valence-corrected chi connectivity index (χ1v) is 12.7. The second-order valence-electron chi connectivity index (χ2n) is 9.01. The molecule has 1 unspecified atom stereocenters. The number of piperazine rings is 1. The van der Waals surface area contributed by atoms with Crippen LogP contribution in [0.25, 0.3) is 10.1 Å². The van der Waals surface area contributed by atoms with E-state index in [1.54, 1.807) is 11.3 Å². The van der Waals surface area contributed by atoms with Crippen LogP contribution in [-0.2, 0) is 0 Å². The van der Waals surface area contributed by atoms with Crippen LogP contribution in [0, 0.1) is 0 Å². The number of carbonyl (C=O) groups excluding carboxylic acids is 1. The third-order valence-corrected chi connectivity index (χ3v) is 7.72. The molecule has 0 N–H and O–H groups in total. The number of amides is 1. The van der Waals surface area contributed by atoms with Crippen LogP contribution < -0.4 is 4.90 Å². The molecule has 7 heteroatoms. The minimum absolute atomic E-state index is 0.0754. The maximum absolute atomic E-state index is 13.1. The van der Waals surface area contributed by atoms with Crippen molar-refractivity contribution in [1.29, 1.82) is 0 Å². The van der Waals surface area contributed by atoms with Crippen LogP contribution in [0.1, 0.15) is 36.4 Å². The number of hydrogen-bond acceptors (Lipinski definition) is 6. The van der Waals surface area contributed by atoms with Gasteiger partial charge in [-0.15, -0.1) is 11.3 Å². The van der Waals surface area contributed by atoms with Gasteiger partial charge in [-0.25, -0.2) is 9.98 Å². The Morgan fingerprint density at radius 3 is 2.76 bits per heavy atom. The third-order valence-electron chi connectivity index (χ3n) is 6.62. The van der Waals surface area contributed by atoms with Gasteiger partial charge in [-0.1, -0.05) is 19.1 Å². The van der Waals surface area contributed by atoms with Crippen LogP contribution >= 0.6 is 11.3 Å². The van der Waals surface area contributed by atoms with Crippen molar-refractivity contribution in [3.05, 3.63) is 53.1 Å². The molecule has 3 heterocycles. The van der Waals surface area contributed by atoms with Gasteiger partial charge in [0.15, 0.2) is 5.84 Å². The van der Waals surface area contributed by atoms with E-state index < -0.39 is 0 Å². The standard InChI is InChI=1S/C26H31N5OS/c1-4-11-31(18(2)25-27-21-7-5-6-8-22(21)28-25)20-9-10-23-19(16-20)17-24(33-23)26(32)30-14-12-29(3)13-15-30/h5-7,9-10,16-18H,4,8,11-15H2,1-3H3. The molecule has 0 bridgehead atoms. The van der Waals surface area contributed by atoms with Gasteiger partial charge in [-0.2, -0.15) is 0 Å². The van der Waals surface area contributed by atoms with Crippen molar-refractivity contribution in [2.45, 2.75) is 32.7 Å². The number of rotatable bonds is 6. The van der Waals surface area contributed by atoms with Gasteiger partial charge < -0.3 is 14.7 Å². The number of nitrogens with zero attached hydrogens (tertiary/aromatic N) is 5. The van der Waals surface area contributed by atoms with E-state index in [-0.39, 0.29) is 11.9 Å². The Morgan fingerprint density at radius 2 is 2.00 bits per heavy atom. The Labute approximate surface area is 199 Å². The normalized spacial score (nSPS) is 19.2. The van der Waals surface area contributed by atoms with Crippen molar-refractivity contribution in [3.8, 4) is 0 Å². The van der Waals surface area contributed by atoms with Crippen molar-refractivity contribution < 1.29 is 4.79 Å². The highest BCUT2D eigenvalue weighted by molar-refractivity contribution is 7.20. The Morgan fingerprint density at radius 1 is 1.18 bits per heavy atom. The van der Waals surface area contributed by atoms with Crippen LogP contribution in [0.2, 0.25) is 0 Å². The minimum atomic E-state index is 0.0754. The molecule has 1 aliphatic carbocycles. The molecular formula is C26H31N5OS. The molecule has 1 fully saturated rings. The molecule has 172 valence electrons. The Bertz CT molecular complexity index is 1180. The zero-order chi connectivity index (χ0) is 22.9. The van der Waals surface area contributed by atoms with E-state index in [1.807, 2.05) is 11.0 Å². The number of hydrogen-bond donors (Lipinski definition) is 0. The molecule has 33 heavy (non-hydrogen) atoms. The van der Waals surface area contributed by atoms with Gasteiger partial charge in [0.1, 0.15) is 0 Å². The summed E-state index contributed by atoms with van der Waals surface area (Å²) in [5, 5.41) is 1.13. The number of aliphatic imine (C=N–C) groups is 2. The smallest absolute Gasteiger partial charge is 0.264 e. The van der Waals surface area contributed by atoms with Crippen LogP contribution in [0.5, 0.6) is 0 Å². The van der Waals surface area contributed by atoms with Crippen molar-refractivity contribution in [2.75, 3.05) is 44.7 Å². The van der Waals surface area contributed by atoms with Crippen LogP contribution in [0.4, 0.5) is 5.69 Å². The zero-order valence-electron chi connectivity index (χ0n) is 19.6. The second-order valence-corrected chi connectivity index (χ2v) is 10.1.